The van der Waals surface area contributed by atoms with Gasteiger partial charge >= 0.3 is 0 Å². The van der Waals surface area contributed by atoms with Crippen LogP contribution in [0.25, 0.3) is 0 Å². The summed E-state index contributed by atoms with van der Waals surface area (Å²) in [5, 5.41) is 6.57. The SMILES string of the molecule is CC(=O)c1ccc(S(=O)(=O)NCc2cn[nH]c2C)cc1. The Labute approximate surface area is 117 Å². The first kappa shape index (κ1) is 14.4. The van der Waals surface area contributed by atoms with Crippen LogP contribution in [-0.4, -0.2) is 24.4 Å². The van der Waals surface area contributed by atoms with Gasteiger partial charge in [0, 0.05) is 23.4 Å². The normalized spacial score (nSPS) is 11.5. The molecule has 6 nitrogen and oxygen atoms in total. The van der Waals surface area contributed by atoms with Crippen LogP contribution in [0.15, 0.2) is 35.4 Å². The molecule has 0 atom stereocenters. The van der Waals surface area contributed by atoms with E-state index >= 15 is 0 Å². The lowest BCUT2D eigenvalue weighted by Gasteiger charge is -2.06. The third-order valence-corrected chi connectivity index (χ3v) is 4.38. The average molecular weight is 293 g/mol. The number of carbonyl (C=O) groups is 1. The third-order valence-electron chi connectivity index (χ3n) is 2.96. The zero-order valence-corrected chi connectivity index (χ0v) is 12.0. The fourth-order valence-electron chi connectivity index (χ4n) is 1.68. The van der Waals surface area contributed by atoms with Gasteiger partial charge < -0.3 is 0 Å². The molecule has 7 heteroatoms. The summed E-state index contributed by atoms with van der Waals surface area (Å²) in [4.78, 5) is 11.3. The van der Waals surface area contributed by atoms with Crippen LogP contribution in [-0.2, 0) is 16.6 Å². The first-order valence-electron chi connectivity index (χ1n) is 5.99. The molecular weight excluding hydrogens is 278 g/mol. The van der Waals surface area contributed by atoms with Gasteiger partial charge in [0.2, 0.25) is 10.0 Å². The van der Waals surface area contributed by atoms with E-state index in [1.54, 1.807) is 6.20 Å². The number of sulfonamides is 1. The molecule has 0 aliphatic rings. The Bertz CT molecular complexity index is 718. The second-order valence-electron chi connectivity index (χ2n) is 4.43. The van der Waals surface area contributed by atoms with E-state index in [2.05, 4.69) is 14.9 Å². The molecule has 0 unspecified atom stereocenters. The number of rotatable bonds is 5. The van der Waals surface area contributed by atoms with Crippen LogP contribution in [0, 0.1) is 6.92 Å². The van der Waals surface area contributed by atoms with Gasteiger partial charge in [-0.1, -0.05) is 12.1 Å². The molecule has 0 bridgehead atoms. The lowest BCUT2D eigenvalue weighted by atomic mass is 10.2. The number of ketones is 1. The summed E-state index contributed by atoms with van der Waals surface area (Å²) in [5.41, 5.74) is 2.09. The molecule has 0 radical (unpaired) electrons. The maximum atomic E-state index is 12.1. The van der Waals surface area contributed by atoms with E-state index < -0.39 is 10.0 Å². The van der Waals surface area contributed by atoms with Gasteiger partial charge in [-0.2, -0.15) is 5.10 Å². The molecule has 20 heavy (non-hydrogen) atoms. The van der Waals surface area contributed by atoms with Crippen LogP contribution in [0.2, 0.25) is 0 Å². The summed E-state index contributed by atoms with van der Waals surface area (Å²) < 4.78 is 26.7. The summed E-state index contributed by atoms with van der Waals surface area (Å²) in [6.07, 6.45) is 1.58. The van der Waals surface area contributed by atoms with Gasteiger partial charge in [0.05, 0.1) is 11.1 Å². The molecule has 1 heterocycles. The minimum absolute atomic E-state index is 0.101. The number of hydrogen-bond donors (Lipinski definition) is 2. The van der Waals surface area contributed by atoms with Crippen LogP contribution in [0.3, 0.4) is 0 Å². The van der Waals surface area contributed by atoms with E-state index in [0.717, 1.165) is 11.3 Å². The smallest absolute Gasteiger partial charge is 0.240 e. The summed E-state index contributed by atoms with van der Waals surface area (Å²) >= 11 is 0. The van der Waals surface area contributed by atoms with Crippen LogP contribution < -0.4 is 4.72 Å². The predicted octanol–water partition coefficient (Wildman–Crippen LogP) is 1.40. The number of benzene rings is 1. The number of nitrogens with one attached hydrogen (secondary N) is 2. The zero-order chi connectivity index (χ0) is 14.8. The number of Topliss-reactive ketones (excluding diaryl/α,β-unsaturated/α-hetero) is 1. The Hall–Kier alpha value is -1.99. The molecule has 0 saturated heterocycles. The molecule has 1 aromatic carbocycles. The largest absolute Gasteiger partial charge is 0.295 e. The molecule has 106 valence electrons. The van der Waals surface area contributed by atoms with E-state index in [1.807, 2.05) is 6.92 Å². The first-order chi connectivity index (χ1) is 9.40. The Morgan fingerprint density at radius 2 is 1.95 bits per heavy atom. The highest BCUT2D eigenvalue weighted by Gasteiger charge is 2.14. The summed E-state index contributed by atoms with van der Waals surface area (Å²) in [6, 6.07) is 5.84. The maximum absolute atomic E-state index is 12.1. The highest BCUT2D eigenvalue weighted by molar-refractivity contribution is 7.89. The lowest BCUT2D eigenvalue weighted by molar-refractivity contribution is 0.101. The average Bonchev–Trinajstić information content (AvgIpc) is 2.82. The van der Waals surface area contributed by atoms with E-state index in [0.29, 0.717) is 5.56 Å². The number of nitrogens with zero attached hydrogens (tertiary/aromatic N) is 1. The monoisotopic (exact) mass is 293 g/mol. The van der Waals surface area contributed by atoms with Crippen molar-refractivity contribution < 1.29 is 13.2 Å². The number of H-pyrrole nitrogens is 1. The van der Waals surface area contributed by atoms with Gasteiger partial charge in [-0.05, 0) is 26.0 Å². The topological polar surface area (TPSA) is 91.9 Å². The molecule has 0 fully saturated rings. The van der Waals surface area contributed by atoms with E-state index in [9.17, 15) is 13.2 Å². The van der Waals surface area contributed by atoms with Gasteiger partial charge in [0.15, 0.2) is 5.78 Å². The molecule has 0 aliphatic carbocycles. The first-order valence-corrected chi connectivity index (χ1v) is 7.48. The number of aryl methyl sites for hydroxylation is 1. The van der Waals surface area contributed by atoms with Crippen LogP contribution in [0.1, 0.15) is 28.5 Å². The van der Waals surface area contributed by atoms with E-state index in [4.69, 9.17) is 0 Å². The Balaban J connectivity index is 2.14. The Morgan fingerprint density at radius 3 is 2.45 bits per heavy atom. The van der Waals surface area contributed by atoms with Crippen molar-refractivity contribution in [2.45, 2.75) is 25.3 Å². The second kappa shape index (κ2) is 5.56. The van der Waals surface area contributed by atoms with Crippen molar-refractivity contribution in [3.63, 3.8) is 0 Å². The molecular formula is C13H15N3O3S. The van der Waals surface area contributed by atoms with Crippen molar-refractivity contribution in [2.75, 3.05) is 0 Å². The fourth-order valence-corrected chi connectivity index (χ4v) is 2.69. The van der Waals surface area contributed by atoms with Gasteiger partial charge in [0.25, 0.3) is 0 Å². The highest BCUT2D eigenvalue weighted by atomic mass is 32.2. The number of aromatic nitrogens is 2. The van der Waals surface area contributed by atoms with Gasteiger partial charge in [-0.15, -0.1) is 0 Å². The number of aromatic amines is 1. The van der Waals surface area contributed by atoms with Crippen LogP contribution in [0.5, 0.6) is 0 Å². The van der Waals surface area contributed by atoms with E-state index in [-0.39, 0.29) is 17.2 Å². The minimum atomic E-state index is -3.60. The van der Waals surface area contributed by atoms with Crippen molar-refractivity contribution in [3.8, 4) is 0 Å². The second-order valence-corrected chi connectivity index (χ2v) is 6.19. The molecule has 2 N–H and O–H groups in total. The molecule has 0 amide bonds. The quantitative estimate of drug-likeness (QED) is 0.815. The number of carbonyl (C=O) groups excluding carboxylic acids is 1. The summed E-state index contributed by atoms with van der Waals surface area (Å²) in [7, 11) is -3.60. The van der Waals surface area contributed by atoms with Crippen molar-refractivity contribution in [1.29, 1.82) is 0 Å². The molecule has 0 saturated carbocycles. The van der Waals surface area contributed by atoms with Crippen molar-refractivity contribution in [1.82, 2.24) is 14.9 Å². The molecule has 2 rings (SSSR count). The molecule has 2 aromatic rings. The zero-order valence-electron chi connectivity index (χ0n) is 11.2. The highest BCUT2D eigenvalue weighted by Crippen LogP contribution is 2.12. The Morgan fingerprint density at radius 1 is 1.30 bits per heavy atom. The Kier molecular flexibility index (Phi) is 4.01. The van der Waals surface area contributed by atoms with E-state index in [1.165, 1.54) is 31.2 Å². The molecule has 0 aliphatic heterocycles. The van der Waals surface area contributed by atoms with Crippen LogP contribution >= 0.6 is 0 Å². The third kappa shape index (κ3) is 3.12. The summed E-state index contributed by atoms with van der Waals surface area (Å²) in [5.74, 6) is -0.101. The molecule has 1 aromatic heterocycles. The standard InChI is InChI=1S/C13H15N3O3S/c1-9-12(7-14-16-9)8-15-20(18,19)13-5-3-11(4-6-13)10(2)17/h3-7,15H,8H2,1-2H3,(H,14,16). The van der Waals surface area contributed by atoms with Gasteiger partial charge in [0.1, 0.15) is 0 Å². The minimum Gasteiger partial charge on any atom is -0.295 e. The van der Waals surface area contributed by atoms with Crippen molar-refractivity contribution in [2.24, 2.45) is 0 Å². The van der Waals surface area contributed by atoms with Crippen LogP contribution in [0.4, 0.5) is 0 Å². The maximum Gasteiger partial charge on any atom is 0.240 e. The van der Waals surface area contributed by atoms with Crippen molar-refractivity contribution in [3.05, 3.63) is 47.3 Å². The fraction of sp³-hybridized carbons (Fsp3) is 0.231. The predicted molar refractivity (Wildman–Crippen MR) is 73.8 cm³/mol. The van der Waals surface area contributed by atoms with Gasteiger partial charge in [-0.3, -0.25) is 9.89 Å². The van der Waals surface area contributed by atoms with Crippen molar-refractivity contribution >= 4 is 15.8 Å². The lowest BCUT2D eigenvalue weighted by Crippen LogP contribution is -2.23. The summed E-state index contributed by atoms with van der Waals surface area (Å²) in [6.45, 7) is 3.42. The molecule has 0 spiro atoms. The number of hydrogen-bond acceptors (Lipinski definition) is 4. The van der Waals surface area contributed by atoms with Gasteiger partial charge in [-0.25, -0.2) is 13.1 Å².